The van der Waals surface area contributed by atoms with E-state index in [-0.39, 0.29) is 9.79 Å². The van der Waals surface area contributed by atoms with Crippen LogP contribution < -0.4 is 14.4 Å². The lowest BCUT2D eigenvalue weighted by Gasteiger charge is -2.27. The normalized spacial score (nSPS) is 11.5. The fraction of sp³-hybridized carbons (Fsp3) is 0.375. The lowest BCUT2D eigenvalue weighted by Crippen LogP contribution is -2.27. The molecule has 0 atom stereocenters. The smallest absolute Gasteiger partial charge is 0.210 e. The van der Waals surface area contributed by atoms with Crippen molar-refractivity contribution in [1.82, 2.24) is 4.98 Å². The molecule has 0 bridgehead atoms. The first-order chi connectivity index (χ1) is 14.9. The number of hydrogen-bond donors (Lipinski definition) is 0. The molecule has 0 saturated carbocycles. The minimum atomic E-state index is -3.85. The topological polar surface area (TPSA) is 68.7 Å². The van der Waals surface area contributed by atoms with Crippen molar-refractivity contribution < 1.29 is 17.9 Å². The second-order valence-electron chi connectivity index (χ2n) is 7.50. The number of fused-ring (bicyclic) bond motifs is 1. The Morgan fingerprint density at radius 3 is 2.23 bits per heavy atom. The van der Waals surface area contributed by atoms with E-state index in [4.69, 9.17) is 9.47 Å². The van der Waals surface area contributed by atoms with Crippen LogP contribution in [-0.2, 0) is 9.84 Å². The highest BCUT2D eigenvalue weighted by molar-refractivity contribution is 7.91. The molecule has 0 fully saturated rings. The van der Waals surface area contributed by atoms with Crippen LogP contribution in [0.5, 0.6) is 11.5 Å². The number of benzene rings is 2. The van der Waals surface area contributed by atoms with Crippen LogP contribution in [0.3, 0.4) is 0 Å². The summed E-state index contributed by atoms with van der Waals surface area (Å²) in [5, 5.41) is 0.850. The fourth-order valence-corrected chi connectivity index (χ4v) is 5.23. The first-order valence-electron chi connectivity index (χ1n) is 10.5. The summed E-state index contributed by atoms with van der Waals surface area (Å²) < 4.78 is 38.2. The van der Waals surface area contributed by atoms with E-state index < -0.39 is 9.84 Å². The van der Waals surface area contributed by atoms with Crippen molar-refractivity contribution in [3.63, 3.8) is 0 Å². The maximum atomic E-state index is 13.8. The number of rotatable bonds is 9. The van der Waals surface area contributed by atoms with Crippen LogP contribution in [0.4, 0.5) is 5.69 Å². The summed E-state index contributed by atoms with van der Waals surface area (Å²) in [6, 6.07) is 10.6. The first-order valence-corrected chi connectivity index (χ1v) is 12.0. The lowest BCUT2D eigenvalue weighted by atomic mass is 10.1. The molecule has 0 unspecified atom stereocenters. The minimum Gasteiger partial charge on any atom is -0.493 e. The van der Waals surface area contributed by atoms with E-state index >= 15 is 0 Å². The highest BCUT2D eigenvalue weighted by atomic mass is 32.2. The van der Waals surface area contributed by atoms with Gasteiger partial charge in [-0.2, -0.15) is 0 Å². The predicted octanol–water partition coefficient (Wildman–Crippen LogP) is 5.02. The molecule has 3 aromatic rings. The summed E-state index contributed by atoms with van der Waals surface area (Å²) in [5.74, 6) is 0.848. The SMILES string of the molecule is CCCN(CCC)c1c(S(=O)(=O)c2ccc(OC)c(OC)c2)cnc2ccc(C)cc12. The molecular formula is C24H30N2O4S. The van der Waals surface area contributed by atoms with Crippen LogP contribution in [0, 0.1) is 6.92 Å². The van der Waals surface area contributed by atoms with Crippen molar-refractivity contribution in [2.75, 3.05) is 32.2 Å². The third kappa shape index (κ3) is 4.46. The number of methoxy groups -OCH3 is 2. The van der Waals surface area contributed by atoms with E-state index in [0.29, 0.717) is 17.2 Å². The van der Waals surface area contributed by atoms with Crippen LogP contribution >= 0.6 is 0 Å². The van der Waals surface area contributed by atoms with E-state index in [9.17, 15) is 8.42 Å². The van der Waals surface area contributed by atoms with Crippen molar-refractivity contribution in [2.45, 2.75) is 43.4 Å². The van der Waals surface area contributed by atoms with Gasteiger partial charge in [-0.1, -0.05) is 25.5 Å². The zero-order valence-electron chi connectivity index (χ0n) is 18.8. The summed E-state index contributed by atoms with van der Waals surface area (Å²) in [6.45, 7) is 7.72. The average Bonchev–Trinajstić information content (AvgIpc) is 2.77. The Labute approximate surface area is 184 Å². The molecule has 0 amide bonds. The Kier molecular flexibility index (Phi) is 7.05. The standard InChI is InChI=1S/C24H30N2O4S/c1-6-12-26(13-7-2)24-19-14-17(3)8-10-20(19)25-16-23(24)31(27,28)18-9-11-21(29-4)22(15-18)30-5/h8-11,14-16H,6-7,12-13H2,1-5H3. The molecule has 1 aromatic heterocycles. The summed E-state index contributed by atoms with van der Waals surface area (Å²) in [4.78, 5) is 7.01. The molecule has 166 valence electrons. The quantitative estimate of drug-likeness (QED) is 0.463. The first kappa shape index (κ1) is 22.9. The number of hydrogen-bond acceptors (Lipinski definition) is 6. The molecule has 3 rings (SSSR count). The van der Waals surface area contributed by atoms with Gasteiger partial charge in [-0.15, -0.1) is 0 Å². The molecule has 0 aliphatic rings. The summed E-state index contributed by atoms with van der Waals surface area (Å²) in [5.41, 5.74) is 2.56. The van der Waals surface area contributed by atoms with Gasteiger partial charge in [0.1, 0.15) is 4.90 Å². The molecule has 0 aliphatic carbocycles. The second kappa shape index (κ2) is 9.56. The van der Waals surface area contributed by atoms with Gasteiger partial charge in [-0.3, -0.25) is 4.98 Å². The van der Waals surface area contributed by atoms with Gasteiger partial charge in [0.25, 0.3) is 0 Å². The Bertz CT molecular complexity index is 1170. The van der Waals surface area contributed by atoms with Crippen LogP contribution in [0.15, 0.2) is 52.4 Å². The van der Waals surface area contributed by atoms with E-state index in [0.717, 1.165) is 42.4 Å². The third-order valence-corrected chi connectivity index (χ3v) is 6.97. The number of pyridine rings is 1. The molecule has 0 saturated heterocycles. The van der Waals surface area contributed by atoms with Gasteiger partial charge in [0.05, 0.1) is 30.3 Å². The maximum absolute atomic E-state index is 13.8. The van der Waals surface area contributed by atoms with Gasteiger partial charge >= 0.3 is 0 Å². The van der Waals surface area contributed by atoms with Gasteiger partial charge in [-0.05, 0) is 44.0 Å². The van der Waals surface area contributed by atoms with Crippen molar-refractivity contribution >= 4 is 26.4 Å². The van der Waals surface area contributed by atoms with Gasteiger partial charge in [0.2, 0.25) is 9.84 Å². The van der Waals surface area contributed by atoms with Crippen LogP contribution in [0.1, 0.15) is 32.3 Å². The third-order valence-electron chi connectivity index (χ3n) is 5.22. The molecule has 1 heterocycles. The Balaban J connectivity index is 2.31. The van der Waals surface area contributed by atoms with E-state index in [1.807, 2.05) is 25.1 Å². The molecule has 6 nitrogen and oxygen atoms in total. The largest absolute Gasteiger partial charge is 0.493 e. The fourth-order valence-electron chi connectivity index (χ4n) is 3.78. The van der Waals surface area contributed by atoms with Crippen molar-refractivity contribution in [1.29, 1.82) is 0 Å². The van der Waals surface area contributed by atoms with Crippen LogP contribution in [-0.4, -0.2) is 40.7 Å². The number of anilines is 1. The average molecular weight is 443 g/mol. The van der Waals surface area contributed by atoms with Crippen molar-refractivity contribution in [3.05, 3.63) is 48.2 Å². The van der Waals surface area contributed by atoms with Crippen molar-refractivity contribution in [2.24, 2.45) is 0 Å². The van der Waals surface area contributed by atoms with Gasteiger partial charge in [0, 0.05) is 30.7 Å². The van der Waals surface area contributed by atoms with Crippen LogP contribution in [0.25, 0.3) is 10.9 Å². The lowest BCUT2D eigenvalue weighted by molar-refractivity contribution is 0.354. The highest BCUT2D eigenvalue weighted by Crippen LogP contribution is 2.38. The summed E-state index contributed by atoms with van der Waals surface area (Å²) in [7, 11) is -0.842. The van der Waals surface area contributed by atoms with E-state index in [1.165, 1.54) is 26.5 Å². The Hall–Kier alpha value is -2.80. The second-order valence-corrected chi connectivity index (χ2v) is 9.42. The van der Waals surface area contributed by atoms with Gasteiger partial charge in [0.15, 0.2) is 11.5 Å². The number of ether oxygens (including phenoxy) is 2. The minimum absolute atomic E-state index is 0.146. The number of aryl methyl sites for hydroxylation is 1. The summed E-state index contributed by atoms with van der Waals surface area (Å²) in [6.07, 6.45) is 3.30. The number of nitrogens with zero attached hydrogens (tertiary/aromatic N) is 2. The number of sulfone groups is 1. The van der Waals surface area contributed by atoms with Gasteiger partial charge in [-0.25, -0.2) is 8.42 Å². The van der Waals surface area contributed by atoms with Crippen LogP contribution in [0.2, 0.25) is 0 Å². The van der Waals surface area contributed by atoms with E-state index in [2.05, 4.69) is 23.7 Å². The summed E-state index contributed by atoms with van der Waals surface area (Å²) >= 11 is 0. The predicted molar refractivity (Wildman–Crippen MR) is 124 cm³/mol. The molecule has 0 spiro atoms. The van der Waals surface area contributed by atoms with Crippen molar-refractivity contribution in [3.8, 4) is 11.5 Å². The molecule has 0 aliphatic heterocycles. The highest BCUT2D eigenvalue weighted by Gasteiger charge is 2.27. The molecule has 31 heavy (non-hydrogen) atoms. The molecule has 0 radical (unpaired) electrons. The zero-order valence-corrected chi connectivity index (χ0v) is 19.6. The van der Waals surface area contributed by atoms with E-state index in [1.54, 1.807) is 12.1 Å². The zero-order chi connectivity index (χ0) is 22.6. The molecule has 0 N–H and O–H groups in total. The number of aromatic nitrogens is 1. The van der Waals surface area contributed by atoms with Gasteiger partial charge < -0.3 is 14.4 Å². The Morgan fingerprint density at radius 2 is 1.61 bits per heavy atom. The molecular weight excluding hydrogens is 412 g/mol. The molecule has 2 aromatic carbocycles. The Morgan fingerprint density at radius 1 is 0.935 bits per heavy atom. The monoisotopic (exact) mass is 442 g/mol. The molecule has 7 heteroatoms. The maximum Gasteiger partial charge on any atom is 0.210 e.